The van der Waals surface area contributed by atoms with Crippen LogP contribution in [-0.2, 0) is 14.6 Å². The van der Waals surface area contributed by atoms with Crippen LogP contribution in [0.1, 0.15) is 5.56 Å². The number of carbonyl (C=O) groups excluding carboxylic acids is 1. The van der Waals surface area contributed by atoms with Gasteiger partial charge in [-0.1, -0.05) is 0 Å². The van der Waals surface area contributed by atoms with Crippen LogP contribution in [0.4, 0.5) is 11.4 Å². The Balaban J connectivity index is 2.74. The maximum absolute atomic E-state index is 11.3. The molecule has 1 aromatic rings. The van der Waals surface area contributed by atoms with Gasteiger partial charge in [0.2, 0.25) is 5.91 Å². The average molecular weight is 242 g/mol. The molecule has 0 aliphatic rings. The third kappa shape index (κ3) is 3.90. The highest BCUT2D eigenvalue weighted by molar-refractivity contribution is 7.91. The molecule has 0 atom stereocenters. The molecule has 6 heteroatoms. The number of nitrogens with two attached hydrogens (primary N) is 1. The fourth-order valence-corrected chi connectivity index (χ4v) is 1.74. The van der Waals surface area contributed by atoms with Gasteiger partial charge in [0.1, 0.15) is 5.75 Å². The lowest BCUT2D eigenvalue weighted by Crippen LogP contribution is -2.21. The molecule has 0 aliphatic carbocycles. The van der Waals surface area contributed by atoms with E-state index in [1.54, 1.807) is 18.2 Å². The number of sulfone groups is 1. The molecule has 0 bridgehead atoms. The Hall–Kier alpha value is -1.56. The molecule has 0 unspecified atom stereocenters. The minimum atomic E-state index is -3.30. The quantitative estimate of drug-likeness (QED) is 0.758. The number of amides is 1. The van der Waals surface area contributed by atoms with Gasteiger partial charge in [0.25, 0.3) is 0 Å². The molecule has 1 aromatic carbocycles. The molecular weight excluding hydrogens is 228 g/mol. The number of rotatable bonds is 3. The fourth-order valence-electron chi connectivity index (χ4n) is 1.19. The zero-order chi connectivity index (χ0) is 12.3. The highest BCUT2D eigenvalue weighted by Crippen LogP contribution is 2.16. The van der Waals surface area contributed by atoms with E-state index in [2.05, 4.69) is 5.32 Å². The monoisotopic (exact) mass is 242 g/mol. The Labute approximate surface area is 94.6 Å². The summed E-state index contributed by atoms with van der Waals surface area (Å²) in [6.07, 6.45) is 1.01. The largest absolute Gasteiger partial charge is 0.399 e. The number of carbonyl (C=O) groups is 1. The summed E-state index contributed by atoms with van der Waals surface area (Å²) < 4.78 is 21.7. The Morgan fingerprint density at radius 3 is 2.56 bits per heavy atom. The Bertz CT molecular complexity index is 509. The summed E-state index contributed by atoms with van der Waals surface area (Å²) in [6, 6.07) is 4.98. The molecule has 1 amide bonds. The summed E-state index contributed by atoms with van der Waals surface area (Å²) in [5.74, 6) is -1.07. The zero-order valence-corrected chi connectivity index (χ0v) is 9.97. The molecule has 0 heterocycles. The van der Waals surface area contributed by atoms with Gasteiger partial charge in [-0.2, -0.15) is 0 Å². The van der Waals surface area contributed by atoms with Gasteiger partial charge < -0.3 is 11.1 Å². The molecule has 1 rings (SSSR count). The first-order chi connectivity index (χ1) is 7.28. The molecule has 0 radical (unpaired) electrons. The van der Waals surface area contributed by atoms with Crippen molar-refractivity contribution >= 4 is 27.1 Å². The second-order valence-electron chi connectivity index (χ2n) is 3.69. The van der Waals surface area contributed by atoms with Crippen molar-refractivity contribution in [1.29, 1.82) is 0 Å². The summed E-state index contributed by atoms with van der Waals surface area (Å²) in [6.45, 7) is 1.81. The van der Waals surface area contributed by atoms with E-state index < -0.39 is 21.5 Å². The van der Waals surface area contributed by atoms with Gasteiger partial charge in [0.05, 0.1) is 0 Å². The molecule has 5 nitrogen and oxygen atoms in total. The Kier molecular flexibility index (Phi) is 3.54. The van der Waals surface area contributed by atoms with Gasteiger partial charge in [0.15, 0.2) is 9.84 Å². The molecule has 0 saturated carbocycles. The van der Waals surface area contributed by atoms with Crippen LogP contribution in [0.2, 0.25) is 0 Å². The van der Waals surface area contributed by atoms with E-state index >= 15 is 0 Å². The van der Waals surface area contributed by atoms with E-state index in [0.29, 0.717) is 11.4 Å². The molecule has 0 aromatic heterocycles. The van der Waals surface area contributed by atoms with Crippen LogP contribution in [0, 0.1) is 6.92 Å². The van der Waals surface area contributed by atoms with Crippen molar-refractivity contribution in [1.82, 2.24) is 0 Å². The molecule has 16 heavy (non-hydrogen) atoms. The third-order valence-electron chi connectivity index (χ3n) is 1.95. The van der Waals surface area contributed by atoms with Gasteiger partial charge >= 0.3 is 0 Å². The molecule has 0 spiro atoms. The van der Waals surface area contributed by atoms with Crippen molar-refractivity contribution in [2.45, 2.75) is 6.92 Å². The van der Waals surface area contributed by atoms with E-state index in [4.69, 9.17) is 5.73 Å². The number of hydrogen-bond donors (Lipinski definition) is 2. The van der Waals surface area contributed by atoms with Crippen molar-refractivity contribution in [3.05, 3.63) is 23.8 Å². The van der Waals surface area contributed by atoms with E-state index in [9.17, 15) is 13.2 Å². The number of nitrogen functional groups attached to an aromatic ring is 1. The molecular formula is C10H14N2O3S. The lowest BCUT2D eigenvalue weighted by atomic mass is 10.2. The van der Waals surface area contributed by atoms with Crippen LogP contribution < -0.4 is 11.1 Å². The highest BCUT2D eigenvalue weighted by atomic mass is 32.2. The van der Waals surface area contributed by atoms with Crippen LogP contribution in [0.5, 0.6) is 0 Å². The molecule has 88 valence electrons. The van der Waals surface area contributed by atoms with E-state index in [1.807, 2.05) is 6.92 Å². The van der Waals surface area contributed by atoms with Crippen molar-refractivity contribution in [3.63, 3.8) is 0 Å². The van der Waals surface area contributed by atoms with Crippen molar-refractivity contribution in [2.75, 3.05) is 23.1 Å². The summed E-state index contributed by atoms with van der Waals surface area (Å²) in [5, 5.41) is 2.49. The minimum absolute atomic E-state index is 0.517. The number of anilines is 2. The lowest BCUT2D eigenvalue weighted by Gasteiger charge is -2.06. The number of aryl methyl sites for hydroxylation is 1. The van der Waals surface area contributed by atoms with Crippen molar-refractivity contribution in [3.8, 4) is 0 Å². The predicted molar refractivity (Wildman–Crippen MR) is 63.9 cm³/mol. The van der Waals surface area contributed by atoms with Gasteiger partial charge in [0, 0.05) is 17.6 Å². The lowest BCUT2D eigenvalue weighted by molar-refractivity contribution is -0.113. The van der Waals surface area contributed by atoms with Gasteiger partial charge in [-0.15, -0.1) is 0 Å². The van der Waals surface area contributed by atoms with Gasteiger partial charge in [-0.3, -0.25) is 4.79 Å². The summed E-state index contributed by atoms with van der Waals surface area (Å²) in [7, 11) is -3.30. The predicted octanol–water partition coefficient (Wildman–Crippen LogP) is 0.560. The molecule has 3 N–H and O–H groups in total. The number of benzene rings is 1. The standard InChI is InChI=1S/C10H14N2O3S/c1-7-5-8(3-4-9(7)11)12-10(13)6-16(2,14)15/h3-5H,6,11H2,1-2H3,(H,12,13). The topological polar surface area (TPSA) is 89.3 Å². The average Bonchev–Trinajstić information content (AvgIpc) is 2.08. The van der Waals surface area contributed by atoms with Gasteiger partial charge in [-0.25, -0.2) is 8.42 Å². The fraction of sp³-hybridized carbons (Fsp3) is 0.300. The van der Waals surface area contributed by atoms with Crippen LogP contribution in [0.3, 0.4) is 0 Å². The first kappa shape index (κ1) is 12.5. The smallest absolute Gasteiger partial charge is 0.239 e. The van der Waals surface area contributed by atoms with E-state index in [0.717, 1.165) is 11.8 Å². The minimum Gasteiger partial charge on any atom is -0.399 e. The van der Waals surface area contributed by atoms with Crippen LogP contribution in [-0.4, -0.2) is 26.3 Å². The first-order valence-electron chi connectivity index (χ1n) is 4.61. The first-order valence-corrected chi connectivity index (χ1v) is 6.68. The second kappa shape index (κ2) is 4.52. The Morgan fingerprint density at radius 1 is 1.44 bits per heavy atom. The molecule has 0 saturated heterocycles. The normalized spacial score (nSPS) is 11.1. The summed E-state index contributed by atoms with van der Waals surface area (Å²) >= 11 is 0. The second-order valence-corrected chi connectivity index (χ2v) is 5.83. The van der Waals surface area contributed by atoms with Crippen molar-refractivity contribution in [2.24, 2.45) is 0 Å². The third-order valence-corrected chi connectivity index (χ3v) is 2.73. The number of hydrogen-bond acceptors (Lipinski definition) is 4. The highest BCUT2D eigenvalue weighted by Gasteiger charge is 2.10. The van der Waals surface area contributed by atoms with Crippen LogP contribution in [0.15, 0.2) is 18.2 Å². The van der Waals surface area contributed by atoms with E-state index in [1.165, 1.54) is 0 Å². The maximum Gasteiger partial charge on any atom is 0.239 e. The summed E-state index contributed by atoms with van der Waals surface area (Å²) in [4.78, 5) is 11.3. The Morgan fingerprint density at radius 2 is 2.06 bits per heavy atom. The van der Waals surface area contributed by atoms with Crippen molar-refractivity contribution < 1.29 is 13.2 Å². The number of nitrogens with one attached hydrogen (secondary N) is 1. The summed E-state index contributed by atoms with van der Waals surface area (Å²) in [5.41, 5.74) is 7.61. The van der Waals surface area contributed by atoms with Crippen LogP contribution >= 0.6 is 0 Å². The SMILES string of the molecule is Cc1cc(NC(=O)CS(C)(=O)=O)ccc1N. The van der Waals surface area contributed by atoms with Gasteiger partial charge in [-0.05, 0) is 30.7 Å². The van der Waals surface area contributed by atoms with Crippen LogP contribution in [0.25, 0.3) is 0 Å². The molecule has 0 aliphatic heterocycles. The van der Waals surface area contributed by atoms with E-state index in [-0.39, 0.29) is 0 Å². The molecule has 0 fully saturated rings. The maximum atomic E-state index is 11.3. The zero-order valence-electron chi connectivity index (χ0n) is 9.15.